The molecule has 4 N–H and O–H groups in total. The van der Waals surface area contributed by atoms with Crippen molar-refractivity contribution in [2.24, 2.45) is 5.73 Å². The molecule has 1 saturated carbocycles. The number of nitrogens with one attached hydrogen (secondary N) is 2. The second-order valence-corrected chi connectivity index (χ2v) is 8.43. The molecule has 0 radical (unpaired) electrons. The summed E-state index contributed by atoms with van der Waals surface area (Å²) in [6, 6.07) is 18.1. The van der Waals surface area contributed by atoms with Crippen molar-refractivity contribution in [2.45, 2.75) is 25.3 Å². The van der Waals surface area contributed by atoms with E-state index in [1.54, 1.807) is 0 Å². The van der Waals surface area contributed by atoms with Crippen LogP contribution >= 0.6 is 0 Å². The molecule has 0 saturated heterocycles. The molecule has 5 rings (SSSR count). The molecule has 1 aliphatic carbocycles. The maximum absolute atomic E-state index is 12.4. The Morgan fingerprint density at radius 2 is 1.85 bits per heavy atom. The molecule has 34 heavy (non-hydrogen) atoms. The van der Waals surface area contributed by atoms with Crippen LogP contribution in [0.3, 0.4) is 0 Å². The lowest BCUT2D eigenvalue weighted by molar-refractivity contribution is 0.0951. The van der Waals surface area contributed by atoms with Crippen molar-refractivity contribution in [1.82, 2.24) is 19.7 Å². The predicted octanol–water partition coefficient (Wildman–Crippen LogP) is 4.27. The van der Waals surface area contributed by atoms with Crippen molar-refractivity contribution in [3.8, 4) is 22.5 Å². The minimum absolute atomic E-state index is 0.0158. The first-order valence-corrected chi connectivity index (χ1v) is 11.7. The number of fused-ring (bicyclic) bond motifs is 1. The van der Waals surface area contributed by atoms with Gasteiger partial charge in [-0.1, -0.05) is 54.6 Å². The average Bonchev–Trinajstić information content (AvgIpc) is 3.59. The number of aromatic nitrogens is 3. The van der Waals surface area contributed by atoms with Crippen molar-refractivity contribution in [3.05, 3.63) is 84.7 Å². The second kappa shape index (κ2) is 9.89. The minimum atomic E-state index is -0.0158. The van der Waals surface area contributed by atoms with E-state index >= 15 is 0 Å². The fraction of sp³-hybridized carbons (Fsp3) is 0.222. The molecule has 172 valence electrons. The van der Waals surface area contributed by atoms with Gasteiger partial charge in [0.05, 0.1) is 17.6 Å². The summed E-state index contributed by atoms with van der Waals surface area (Å²) in [5.74, 6) is 0.715. The normalized spacial score (nSPS) is 13.4. The van der Waals surface area contributed by atoms with Crippen molar-refractivity contribution in [2.75, 3.05) is 18.4 Å². The Hall–Kier alpha value is -3.97. The maximum atomic E-state index is 12.4. The third-order valence-corrected chi connectivity index (χ3v) is 5.82. The van der Waals surface area contributed by atoms with E-state index in [1.807, 2.05) is 73.1 Å². The molecular weight excluding hydrogens is 424 g/mol. The summed E-state index contributed by atoms with van der Waals surface area (Å²) in [5.41, 5.74) is 10.8. The van der Waals surface area contributed by atoms with Crippen LogP contribution in [0.5, 0.6) is 0 Å². The Kier molecular flexibility index (Phi) is 6.35. The zero-order chi connectivity index (χ0) is 23.3. The number of amides is 1. The molecule has 1 amide bonds. The summed E-state index contributed by atoms with van der Waals surface area (Å²) in [7, 11) is 0. The van der Waals surface area contributed by atoms with Crippen molar-refractivity contribution in [1.29, 1.82) is 0 Å². The molecule has 0 spiro atoms. The van der Waals surface area contributed by atoms with Crippen LogP contribution in [0.1, 0.15) is 29.6 Å². The highest BCUT2D eigenvalue weighted by atomic mass is 16.1. The number of rotatable bonds is 9. The number of nitrogens with two attached hydrogens (primary N) is 1. The molecule has 1 aliphatic rings. The van der Waals surface area contributed by atoms with Crippen molar-refractivity contribution in [3.63, 3.8) is 0 Å². The van der Waals surface area contributed by atoms with Gasteiger partial charge in [0.1, 0.15) is 0 Å². The first-order valence-electron chi connectivity index (χ1n) is 11.7. The van der Waals surface area contributed by atoms with Gasteiger partial charge in [0, 0.05) is 42.0 Å². The Balaban J connectivity index is 1.49. The molecule has 2 aromatic carbocycles. The summed E-state index contributed by atoms with van der Waals surface area (Å²) in [5, 5.41) is 6.46. The largest absolute Gasteiger partial charge is 0.367 e. The lowest BCUT2D eigenvalue weighted by atomic mass is 10.1. The SMILES string of the molecule is NCC=CCCNc1nc(-c2ccccc2)cn2c(-c3ccc(C(=O)NC4CC4)cc3)cnc12. The second-order valence-electron chi connectivity index (χ2n) is 8.43. The molecule has 2 heterocycles. The highest BCUT2D eigenvalue weighted by molar-refractivity contribution is 5.95. The Bertz CT molecular complexity index is 1310. The molecular formula is C27H28N6O. The van der Waals surface area contributed by atoms with Gasteiger partial charge in [0.15, 0.2) is 11.5 Å². The molecule has 2 aromatic heterocycles. The van der Waals surface area contributed by atoms with Gasteiger partial charge in [-0.3, -0.25) is 9.20 Å². The zero-order valence-corrected chi connectivity index (χ0v) is 18.9. The van der Waals surface area contributed by atoms with Gasteiger partial charge in [-0.05, 0) is 31.4 Å². The van der Waals surface area contributed by atoms with Gasteiger partial charge in [-0.2, -0.15) is 0 Å². The number of imidazole rings is 1. The standard InChI is InChI=1S/C27H28N6O/c28-15-5-2-6-16-29-25-26-30-17-24(33(26)18-23(32-25)19-7-3-1-4-8-19)20-9-11-21(12-10-20)27(34)31-22-13-14-22/h1-5,7-12,17-18,22H,6,13-16,28H2,(H,29,32)(H,31,34). The predicted molar refractivity (Wildman–Crippen MR) is 136 cm³/mol. The van der Waals surface area contributed by atoms with Crippen LogP contribution in [0, 0.1) is 0 Å². The van der Waals surface area contributed by atoms with Crippen LogP contribution in [0.25, 0.3) is 28.2 Å². The zero-order valence-electron chi connectivity index (χ0n) is 18.9. The molecule has 1 fully saturated rings. The van der Waals surface area contributed by atoms with Gasteiger partial charge < -0.3 is 16.4 Å². The topological polar surface area (TPSA) is 97.3 Å². The Labute approximate surface area is 198 Å². The molecule has 0 bridgehead atoms. The highest BCUT2D eigenvalue weighted by Gasteiger charge is 2.23. The van der Waals surface area contributed by atoms with Gasteiger partial charge in [-0.25, -0.2) is 9.97 Å². The van der Waals surface area contributed by atoms with E-state index in [1.165, 1.54) is 0 Å². The van der Waals surface area contributed by atoms with E-state index in [0.29, 0.717) is 18.2 Å². The third kappa shape index (κ3) is 4.84. The van der Waals surface area contributed by atoms with E-state index in [9.17, 15) is 4.79 Å². The van der Waals surface area contributed by atoms with Crippen molar-refractivity contribution < 1.29 is 4.79 Å². The van der Waals surface area contributed by atoms with E-state index in [0.717, 1.165) is 59.8 Å². The fourth-order valence-corrected chi connectivity index (χ4v) is 3.85. The molecule has 4 aromatic rings. The first-order chi connectivity index (χ1) is 16.7. The van der Waals surface area contributed by atoms with Gasteiger partial charge >= 0.3 is 0 Å². The number of hydrogen-bond acceptors (Lipinski definition) is 5. The van der Waals surface area contributed by atoms with Gasteiger partial charge in [0.2, 0.25) is 0 Å². The van der Waals surface area contributed by atoms with E-state index in [2.05, 4.69) is 26.1 Å². The smallest absolute Gasteiger partial charge is 0.251 e. The van der Waals surface area contributed by atoms with E-state index in [4.69, 9.17) is 10.7 Å². The van der Waals surface area contributed by atoms with Gasteiger partial charge in [0.25, 0.3) is 5.91 Å². The lowest BCUT2D eigenvalue weighted by Gasteiger charge is -2.11. The summed E-state index contributed by atoms with van der Waals surface area (Å²) in [6.45, 7) is 1.26. The Morgan fingerprint density at radius 3 is 2.59 bits per heavy atom. The van der Waals surface area contributed by atoms with Crippen LogP contribution < -0.4 is 16.4 Å². The molecule has 7 nitrogen and oxygen atoms in total. The van der Waals surface area contributed by atoms with Crippen LogP contribution in [0.15, 0.2) is 79.1 Å². The van der Waals surface area contributed by atoms with Crippen molar-refractivity contribution >= 4 is 17.4 Å². The quantitative estimate of drug-likeness (QED) is 0.260. The minimum Gasteiger partial charge on any atom is -0.367 e. The van der Waals surface area contributed by atoms with Crippen LogP contribution in [0.2, 0.25) is 0 Å². The average molecular weight is 453 g/mol. The fourth-order valence-electron chi connectivity index (χ4n) is 3.85. The number of hydrogen-bond donors (Lipinski definition) is 3. The summed E-state index contributed by atoms with van der Waals surface area (Å²) in [6.07, 6.45) is 10.9. The number of nitrogens with zero attached hydrogens (tertiary/aromatic N) is 3. The molecule has 7 heteroatoms. The summed E-state index contributed by atoms with van der Waals surface area (Å²) in [4.78, 5) is 21.9. The summed E-state index contributed by atoms with van der Waals surface area (Å²) < 4.78 is 2.06. The number of anilines is 1. The highest BCUT2D eigenvalue weighted by Crippen LogP contribution is 2.28. The van der Waals surface area contributed by atoms with Crippen LogP contribution in [-0.4, -0.2) is 39.4 Å². The molecule has 0 unspecified atom stereocenters. The maximum Gasteiger partial charge on any atom is 0.251 e. The van der Waals surface area contributed by atoms with Crippen LogP contribution in [-0.2, 0) is 0 Å². The Morgan fingerprint density at radius 1 is 1.06 bits per heavy atom. The third-order valence-electron chi connectivity index (χ3n) is 5.82. The molecule has 0 aliphatic heterocycles. The number of carbonyl (C=O) groups is 1. The first kappa shape index (κ1) is 21.9. The monoisotopic (exact) mass is 452 g/mol. The summed E-state index contributed by atoms with van der Waals surface area (Å²) >= 11 is 0. The molecule has 0 atom stereocenters. The van der Waals surface area contributed by atoms with E-state index < -0.39 is 0 Å². The lowest BCUT2D eigenvalue weighted by Crippen LogP contribution is -2.25. The van der Waals surface area contributed by atoms with Gasteiger partial charge in [-0.15, -0.1) is 0 Å². The van der Waals surface area contributed by atoms with E-state index in [-0.39, 0.29) is 5.91 Å². The number of carbonyl (C=O) groups excluding carboxylic acids is 1. The number of benzene rings is 2. The van der Waals surface area contributed by atoms with Crippen LogP contribution in [0.4, 0.5) is 5.82 Å².